The quantitative estimate of drug-likeness (QED) is 0.854. The second-order valence-electron chi connectivity index (χ2n) is 6.05. The highest BCUT2D eigenvalue weighted by Crippen LogP contribution is 2.38. The summed E-state index contributed by atoms with van der Waals surface area (Å²) in [6, 6.07) is 3.78. The predicted octanol–water partition coefficient (Wildman–Crippen LogP) is 2.75. The van der Waals surface area contributed by atoms with Crippen molar-refractivity contribution in [3.05, 3.63) is 24.0 Å². The van der Waals surface area contributed by atoms with Crippen molar-refractivity contribution in [1.82, 2.24) is 4.31 Å². The number of sulfonamides is 1. The zero-order valence-corrected chi connectivity index (χ0v) is 12.8. The maximum atomic E-state index is 13.3. The van der Waals surface area contributed by atoms with Gasteiger partial charge >= 0.3 is 0 Å². The first-order valence-corrected chi connectivity index (χ1v) is 9.01. The molecule has 3 rings (SSSR count). The van der Waals surface area contributed by atoms with Gasteiger partial charge in [-0.25, -0.2) is 12.8 Å². The van der Waals surface area contributed by atoms with Crippen LogP contribution < -0.4 is 5.73 Å². The molecular formula is C15H21FN2O2S. The van der Waals surface area contributed by atoms with E-state index in [0.717, 1.165) is 38.2 Å². The number of hydrogen-bond donors (Lipinski definition) is 1. The lowest BCUT2D eigenvalue weighted by molar-refractivity contribution is 0.129. The second-order valence-corrected chi connectivity index (χ2v) is 7.94. The molecule has 0 spiro atoms. The van der Waals surface area contributed by atoms with E-state index in [1.165, 1.54) is 18.6 Å². The largest absolute Gasteiger partial charge is 0.396 e. The van der Waals surface area contributed by atoms with Crippen LogP contribution in [0.1, 0.15) is 38.5 Å². The minimum atomic E-state index is -3.59. The number of fused-ring (bicyclic) bond motifs is 1. The third-order valence-corrected chi connectivity index (χ3v) is 6.69. The Labute approximate surface area is 125 Å². The van der Waals surface area contributed by atoms with Crippen molar-refractivity contribution in [1.29, 1.82) is 0 Å². The van der Waals surface area contributed by atoms with Gasteiger partial charge in [-0.3, -0.25) is 0 Å². The molecule has 2 N–H and O–H groups in total. The monoisotopic (exact) mass is 312 g/mol. The van der Waals surface area contributed by atoms with Crippen molar-refractivity contribution in [3.63, 3.8) is 0 Å². The van der Waals surface area contributed by atoms with Crippen LogP contribution in [-0.4, -0.2) is 25.3 Å². The van der Waals surface area contributed by atoms with Gasteiger partial charge in [-0.05, 0) is 49.8 Å². The maximum Gasteiger partial charge on any atom is 0.243 e. The number of rotatable bonds is 2. The molecule has 1 aromatic rings. The van der Waals surface area contributed by atoms with Gasteiger partial charge in [0.2, 0.25) is 10.0 Å². The molecule has 1 aliphatic carbocycles. The molecular weight excluding hydrogens is 291 g/mol. The van der Waals surface area contributed by atoms with Crippen molar-refractivity contribution in [2.45, 2.75) is 49.5 Å². The Morgan fingerprint density at radius 3 is 2.62 bits per heavy atom. The van der Waals surface area contributed by atoms with E-state index >= 15 is 0 Å². The number of halogens is 1. The lowest BCUT2D eigenvalue weighted by Crippen LogP contribution is -2.49. The highest BCUT2D eigenvalue weighted by atomic mass is 32.2. The first-order valence-electron chi connectivity index (χ1n) is 7.57. The molecule has 2 fully saturated rings. The van der Waals surface area contributed by atoms with E-state index in [9.17, 15) is 12.8 Å². The Bertz CT molecular complexity index is 631. The van der Waals surface area contributed by atoms with E-state index in [4.69, 9.17) is 5.73 Å². The summed E-state index contributed by atoms with van der Waals surface area (Å²) in [6.07, 6.45) is 6.33. The summed E-state index contributed by atoms with van der Waals surface area (Å²) in [5.41, 5.74) is 5.40. The summed E-state index contributed by atoms with van der Waals surface area (Å²) in [5.74, 6) is -0.108. The number of nitrogens with zero attached hydrogens (tertiary/aromatic N) is 1. The van der Waals surface area contributed by atoms with Crippen molar-refractivity contribution in [2.24, 2.45) is 5.92 Å². The first kappa shape index (κ1) is 14.8. The Morgan fingerprint density at radius 1 is 1.14 bits per heavy atom. The molecule has 6 heteroatoms. The zero-order chi connectivity index (χ0) is 15.0. The molecule has 116 valence electrons. The van der Waals surface area contributed by atoms with Gasteiger partial charge in [0.05, 0.1) is 10.6 Å². The van der Waals surface area contributed by atoms with Crippen LogP contribution in [0.2, 0.25) is 0 Å². The van der Waals surface area contributed by atoms with Gasteiger partial charge in [0.15, 0.2) is 0 Å². The average Bonchev–Trinajstić information content (AvgIpc) is 2.49. The average molecular weight is 312 g/mol. The van der Waals surface area contributed by atoms with Crippen LogP contribution in [0, 0.1) is 11.7 Å². The normalized spacial score (nSPS) is 27.3. The third kappa shape index (κ3) is 2.66. The first-order chi connectivity index (χ1) is 10.00. The number of piperidine rings is 1. The fourth-order valence-corrected chi connectivity index (χ4v) is 5.49. The summed E-state index contributed by atoms with van der Waals surface area (Å²) < 4.78 is 40.6. The lowest BCUT2D eigenvalue weighted by Gasteiger charge is -2.43. The van der Waals surface area contributed by atoms with Crippen LogP contribution >= 0.6 is 0 Å². The van der Waals surface area contributed by atoms with E-state index in [1.807, 2.05) is 0 Å². The van der Waals surface area contributed by atoms with Crippen LogP contribution in [0.25, 0.3) is 0 Å². The fourth-order valence-electron chi connectivity index (χ4n) is 3.70. The van der Waals surface area contributed by atoms with E-state index in [-0.39, 0.29) is 16.6 Å². The Hall–Kier alpha value is -1.14. The van der Waals surface area contributed by atoms with Crippen molar-refractivity contribution in [3.8, 4) is 0 Å². The molecule has 1 heterocycles. The molecule has 1 saturated heterocycles. The van der Waals surface area contributed by atoms with Crippen molar-refractivity contribution in [2.75, 3.05) is 12.3 Å². The number of anilines is 1. The van der Waals surface area contributed by atoms with Gasteiger partial charge in [0, 0.05) is 12.6 Å². The van der Waals surface area contributed by atoms with E-state index in [1.54, 1.807) is 4.31 Å². The number of benzene rings is 1. The van der Waals surface area contributed by atoms with E-state index < -0.39 is 15.8 Å². The van der Waals surface area contributed by atoms with Crippen LogP contribution in [0.3, 0.4) is 0 Å². The second kappa shape index (κ2) is 5.57. The van der Waals surface area contributed by atoms with Crippen LogP contribution in [0.15, 0.2) is 23.1 Å². The highest BCUT2D eigenvalue weighted by Gasteiger charge is 2.39. The summed E-state index contributed by atoms with van der Waals surface area (Å²) in [4.78, 5) is 0.104. The van der Waals surface area contributed by atoms with Crippen LogP contribution in [0.4, 0.5) is 10.1 Å². The smallest absolute Gasteiger partial charge is 0.243 e. The van der Waals surface area contributed by atoms with Gasteiger partial charge in [-0.2, -0.15) is 4.31 Å². The van der Waals surface area contributed by atoms with Crippen molar-refractivity contribution >= 4 is 15.7 Å². The molecule has 0 aromatic heterocycles. The number of nitrogen functional groups attached to an aromatic ring is 1. The van der Waals surface area contributed by atoms with E-state index in [0.29, 0.717) is 12.5 Å². The SMILES string of the molecule is Nc1cc(S(=O)(=O)N2CCC[C@H]3CCCC[C@H]32)ccc1F. The molecule has 1 aromatic carbocycles. The summed E-state index contributed by atoms with van der Waals surface area (Å²) in [5, 5.41) is 0. The summed E-state index contributed by atoms with van der Waals surface area (Å²) in [6.45, 7) is 0.556. The van der Waals surface area contributed by atoms with Crippen LogP contribution in [-0.2, 0) is 10.0 Å². The molecule has 21 heavy (non-hydrogen) atoms. The Balaban J connectivity index is 1.94. The van der Waals surface area contributed by atoms with Gasteiger partial charge in [-0.15, -0.1) is 0 Å². The molecule has 2 atom stereocenters. The summed E-state index contributed by atoms with van der Waals surface area (Å²) in [7, 11) is -3.59. The minimum Gasteiger partial charge on any atom is -0.396 e. The van der Waals surface area contributed by atoms with Gasteiger partial charge < -0.3 is 5.73 Å². The zero-order valence-electron chi connectivity index (χ0n) is 12.0. The number of hydrogen-bond acceptors (Lipinski definition) is 3. The highest BCUT2D eigenvalue weighted by molar-refractivity contribution is 7.89. The van der Waals surface area contributed by atoms with Crippen LogP contribution in [0.5, 0.6) is 0 Å². The molecule has 2 aliphatic rings. The maximum absolute atomic E-state index is 13.3. The third-order valence-electron chi connectivity index (χ3n) is 4.77. The predicted molar refractivity (Wildman–Crippen MR) is 79.7 cm³/mol. The standard InChI is InChI=1S/C15H21FN2O2S/c16-13-8-7-12(10-14(13)17)21(19,20)18-9-3-5-11-4-1-2-6-15(11)18/h7-8,10-11,15H,1-6,9,17H2/t11-,15-/m1/s1. The topological polar surface area (TPSA) is 63.4 Å². The van der Waals surface area contributed by atoms with Gasteiger partial charge in [-0.1, -0.05) is 12.8 Å². The molecule has 0 amide bonds. The molecule has 4 nitrogen and oxygen atoms in total. The molecule has 0 bridgehead atoms. The van der Waals surface area contributed by atoms with E-state index in [2.05, 4.69) is 0 Å². The van der Waals surface area contributed by atoms with Gasteiger partial charge in [0.1, 0.15) is 5.82 Å². The Kier molecular flexibility index (Phi) is 3.92. The molecule has 1 saturated carbocycles. The van der Waals surface area contributed by atoms with Gasteiger partial charge in [0.25, 0.3) is 0 Å². The Morgan fingerprint density at radius 2 is 1.86 bits per heavy atom. The molecule has 0 unspecified atom stereocenters. The number of nitrogens with two attached hydrogens (primary N) is 1. The lowest BCUT2D eigenvalue weighted by atomic mass is 9.79. The minimum absolute atomic E-state index is 0.101. The molecule has 0 radical (unpaired) electrons. The van der Waals surface area contributed by atoms with Crippen molar-refractivity contribution < 1.29 is 12.8 Å². The molecule has 1 aliphatic heterocycles. The fraction of sp³-hybridized carbons (Fsp3) is 0.600. The summed E-state index contributed by atoms with van der Waals surface area (Å²) >= 11 is 0.